The summed E-state index contributed by atoms with van der Waals surface area (Å²) in [5, 5.41) is 0. The monoisotopic (exact) mass is 174 g/mol. The molecule has 2 atom stereocenters. The summed E-state index contributed by atoms with van der Waals surface area (Å²) in [6, 6.07) is 10.3. The zero-order valence-electron chi connectivity index (χ0n) is 7.86. The van der Waals surface area contributed by atoms with Gasteiger partial charge in [-0.25, -0.2) is 0 Å². The molecule has 1 fully saturated rings. The minimum Gasteiger partial charge on any atom is -0.299 e. The molecule has 1 aromatic rings. The Balaban J connectivity index is 2.04. The van der Waals surface area contributed by atoms with Crippen molar-refractivity contribution in [3.8, 4) is 0 Å². The van der Waals surface area contributed by atoms with Crippen LogP contribution in [-0.2, 0) is 4.79 Å². The van der Waals surface area contributed by atoms with Gasteiger partial charge in [-0.05, 0) is 17.9 Å². The van der Waals surface area contributed by atoms with Gasteiger partial charge in [0.1, 0.15) is 5.78 Å². The van der Waals surface area contributed by atoms with Gasteiger partial charge in [-0.1, -0.05) is 37.3 Å². The number of hydrogen-bond acceptors (Lipinski definition) is 1. The zero-order valence-corrected chi connectivity index (χ0v) is 7.86. The smallest absolute Gasteiger partial charge is 0.136 e. The lowest BCUT2D eigenvalue weighted by molar-refractivity contribution is -0.120. The quantitative estimate of drug-likeness (QED) is 0.688. The molecule has 1 aliphatic carbocycles. The average molecular weight is 174 g/mol. The van der Waals surface area contributed by atoms with Crippen LogP contribution in [0.5, 0.6) is 0 Å². The van der Waals surface area contributed by atoms with E-state index in [4.69, 9.17) is 0 Å². The maximum Gasteiger partial charge on any atom is 0.136 e. The third-order valence-corrected chi connectivity index (χ3v) is 2.78. The van der Waals surface area contributed by atoms with Crippen LogP contribution in [-0.4, -0.2) is 5.78 Å². The molecule has 0 aromatic heterocycles. The van der Waals surface area contributed by atoms with Crippen LogP contribution in [0.2, 0.25) is 0 Å². The fourth-order valence-electron chi connectivity index (χ4n) is 1.88. The van der Waals surface area contributed by atoms with Crippen molar-refractivity contribution in [2.45, 2.75) is 25.7 Å². The van der Waals surface area contributed by atoms with Gasteiger partial charge in [-0.15, -0.1) is 0 Å². The van der Waals surface area contributed by atoms with Crippen molar-refractivity contribution in [3.05, 3.63) is 35.9 Å². The molecule has 1 aliphatic rings. The van der Waals surface area contributed by atoms with Crippen molar-refractivity contribution in [2.24, 2.45) is 5.92 Å². The third-order valence-electron chi connectivity index (χ3n) is 2.78. The van der Waals surface area contributed by atoms with Gasteiger partial charge in [0.2, 0.25) is 0 Å². The standard InChI is InChI=1S/C12H14O/c1-2-12(13)11-8-10(11)9-6-4-3-5-7-9/h3-7,10-11H,2,8H2,1H3/t10-,11-/m0/s1. The van der Waals surface area contributed by atoms with E-state index in [9.17, 15) is 4.79 Å². The van der Waals surface area contributed by atoms with E-state index in [-0.39, 0.29) is 0 Å². The van der Waals surface area contributed by atoms with Crippen LogP contribution in [0.15, 0.2) is 30.3 Å². The van der Waals surface area contributed by atoms with Crippen LogP contribution in [0.3, 0.4) is 0 Å². The molecule has 0 saturated heterocycles. The molecule has 2 rings (SSSR count). The maximum absolute atomic E-state index is 11.4. The summed E-state index contributed by atoms with van der Waals surface area (Å²) in [5.74, 6) is 1.27. The molecule has 0 radical (unpaired) electrons. The second-order valence-corrected chi connectivity index (χ2v) is 3.68. The first-order valence-corrected chi connectivity index (χ1v) is 4.90. The van der Waals surface area contributed by atoms with Crippen LogP contribution in [0.1, 0.15) is 31.2 Å². The van der Waals surface area contributed by atoms with E-state index in [1.165, 1.54) is 5.56 Å². The second-order valence-electron chi connectivity index (χ2n) is 3.68. The first-order valence-electron chi connectivity index (χ1n) is 4.90. The van der Waals surface area contributed by atoms with Crippen LogP contribution in [0.4, 0.5) is 0 Å². The van der Waals surface area contributed by atoms with Crippen molar-refractivity contribution < 1.29 is 4.79 Å². The molecular weight excluding hydrogens is 160 g/mol. The lowest BCUT2D eigenvalue weighted by Gasteiger charge is -1.97. The number of Topliss-reactive ketones (excluding diaryl/α,β-unsaturated/α-hetero) is 1. The van der Waals surface area contributed by atoms with Crippen molar-refractivity contribution in [2.75, 3.05) is 0 Å². The van der Waals surface area contributed by atoms with E-state index in [0.29, 0.717) is 24.0 Å². The van der Waals surface area contributed by atoms with Gasteiger partial charge in [0.15, 0.2) is 0 Å². The highest BCUT2D eigenvalue weighted by Gasteiger charge is 2.42. The van der Waals surface area contributed by atoms with E-state index in [1.807, 2.05) is 25.1 Å². The highest BCUT2D eigenvalue weighted by atomic mass is 16.1. The second kappa shape index (κ2) is 3.33. The number of rotatable bonds is 3. The van der Waals surface area contributed by atoms with Crippen LogP contribution in [0, 0.1) is 5.92 Å². The number of carbonyl (C=O) groups excluding carboxylic acids is 1. The Hall–Kier alpha value is -1.11. The maximum atomic E-state index is 11.4. The Bertz CT molecular complexity index is 302. The van der Waals surface area contributed by atoms with Gasteiger partial charge < -0.3 is 0 Å². The molecule has 0 bridgehead atoms. The summed E-state index contributed by atoms with van der Waals surface area (Å²) in [6.45, 7) is 1.95. The molecular formula is C12H14O. The van der Waals surface area contributed by atoms with E-state index < -0.39 is 0 Å². The minimum atomic E-state index is 0.326. The molecule has 0 N–H and O–H groups in total. The van der Waals surface area contributed by atoms with Crippen LogP contribution in [0.25, 0.3) is 0 Å². The highest BCUT2D eigenvalue weighted by Crippen LogP contribution is 2.48. The topological polar surface area (TPSA) is 17.1 Å². The molecule has 1 nitrogen and oxygen atoms in total. The van der Waals surface area contributed by atoms with Crippen LogP contribution >= 0.6 is 0 Å². The molecule has 1 saturated carbocycles. The molecule has 0 aliphatic heterocycles. The molecule has 1 aromatic carbocycles. The van der Waals surface area contributed by atoms with E-state index in [0.717, 1.165) is 6.42 Å². The number of ketones is 1. The first-order chi connectivity index (χ1) is 6.33. The molecule has 0 unspecified atom stereocenters. The van der Waals surface area contributed by atoms with E-state index >= 15 is 0 Å². The summed E-state index contributed by atoms with van der Waals surface area (Å²) in [6.07, 6.45) is 1.75. The first kappa shape index (κ1) is 8.49. The van der Waals surface area contributed by atoms with E-state index in [2.05, 4.69) is 12.1 Å². The van der Waals surface area contributed by atoms with Crippen molar-refractivity contribution in [1.82, 2.24) is 0 Å². The predicted molar refractivity (Wildman–Crippen MR) is 52.6 cm³/mol. The fraction of sp³-hybridized carbons (Fsp3) is 0.417. The minimum absolute atomic E-state index is 0.326. The van der Waals surface area contributed by atoms with Gasteiger partial charge >= 0.3 is 0 Å². The highest BCUT2D eigenvalue weighted by molar-refractivity contribution is 5.84. The van der Waals surface area contributed by atoms with Gasteiger partial charge in [0, 0.05) is 12.3 Å². The molecule has 0 spiro atoms. The fourth-order valence-corrected chi connectivity index (χ4v) is 1.88. The SMILES string of the molecule is CCC(=O)[C@H]1C[C@H]1c1ccccc1. The van der Waals surface area contributed by atoms with Gasteiger partial charge in [0.05, 0.1) is 0 Å². The Morgan fingerprint density at radius 1 is 1.38 bits per heavy atom. The number of hydrogen-bond donors (Lipinski definition) is 0. The zero-order chi connectivity index (χ0) is 9.26. The van der Waals surface area contributed by atoms with Crippen molar-refractivity contribution >= 4 is 5.78 Å². The van der Waals surface area contributed by atoms with Gasteiger partial charge in [-0.2, -0.15) is 0 Å². The lowest BCUT2D eigenvalue weighted by atomic mass is 10.1. The van der Waals surface area contributed by atoms with Crippen molar-refractivity contribution in [1.29, 1.82) is 0 Å². The van der Waals surface area contributed by atoms with Crippen molar-refractivity contribution in [3.63, 3.8) is 0 Å². The third kappa shape index (κ3) is 1.64. The molecule has 0 heterocycles. The summed E-state index contributed by atoms with van der Waals surface area (Å²) in [7, 11) is 0. The molecule has 0 amide bonds. The molecule has 68 valence electrons. The van der Waals surface area contributed by atoms with Gasteiger partial charge in [0.25, 0.3) is 0 Å². The summed E-state index contributed by atoms with van der Waals surface area (Å²) >= 11 is 0. The summed E-state index contributed by atoms with van der Waals surface area (Å²) in [4.78, 5) is 11.4. The Kier molecular flexibility index (Phi) is 2.17. The molecule has 1 heteroatoms. The Morgan fingerprint density at radius 3 is 2.69 bits per heavy atom. The van der Waals surface area contributed by atoms with Crippen LogP contribution < -0.4 is 0 Å². The van der Waals surface area contributed by atoms with Gasteiger partial charge in [-0.3, -0.25) is 4.79 Å². The largest absolute Gasteiger partial charge is 0.299 e. The molecule has 13 heavy (non-hydrogen) atoms. The summed E-state index contributed by atoms with van der Waals surface area (Å²) in [5.41, 5.74) is 1.33. The lowest BCUT2D eigenvalue weighted by Crippen LogP contribution is -1.99. The summed E-state index contributed by atoms with van der Waals surface area (Å²) < 4.78 is 0. The number of carbonyl (C=O) groups is 1. The Labute approximate surface area is 78.8 Å². The predicted octanol–water partition coefficient (Wildman–Crippen LogP) is 2.77. The number of benzene rings is 1. The van der Waals surface area contributed by atoms with E-state index in [1.54, 1.807) is 0 Å². The Morgan fingerprint density at radius 2 is 2.08 bits per heavy atom. The average Bonchev–Trinajstić information content (AvgIpc) is 2.98. The normalized spacial score (nSPS) is 25.6.